The fourth-order valence-corrected chi connectivity index (χ4v) is 4.48. The van der Waals surface area contributed by atoms with Crippen LogP contribution in [-0.2, 0) is 36.8 Å². The SMILES string of the molecule is CCc1oc(CC(NC(=O)C(C)NC(=O)C(CO)NC(=O)C(CC2=CCN(C(=N)N)C2)NC(=O)C(N)C(C)O)C(=O)O)cc1C(=O)O. The van der Waals surface area contributed by atoms with Crippen LogP contribution in [0.1, 0.15) is 49.1 Å². The number of hydrogen-bond donors (Lipinski definition) is 11. The zero-order valence-corrected chi connectivity index (χ0v) is 26.1. The average Bonchev–Trinajstić information content (AvgIpc) is 3.65. The van der Waals surface area contributed by atoms with Crippen LogP contribution >= 0.6 is 0 Å². The first-order chi connectivity index (χ1) is 22.0. The van der Waals surface area contributed by atoms with Crippen molar-refractivity contribution < 1.29 is 53.6 Å². The fraction of sp³-hybridized carbons (Fsp3) is 0.536. The van der Waals surface area contributed by atoms with Crippen LogP contribution in [0.2, 0.25) is 0 Å². The van der Waals surface area contributed by atoms with E-state index < -0.39 is 84.9 Å². The molecule has 0 bridgehead atoms. The van der Waals surface area contributed by atoms with E-state index in [-0.39, 0.29) is 49.0 Å². The van der Waals surface area contributed by atoms with Crippen molar-refractivity contribution in [2.75, 3.05) is 19.7 Å². The molecule has 0 aromatic carbocycles. The molecule has 2 heterocycles. The Kier molecular flexibility index (Phi) is 13.9. The maximum absolute atomic E-state index is 13.2. The lowest BCUT2D eigenvalue weighted by Gasteiger charge is -2.25. The number of amides is 4. The summed E-state index contributed by atoms with van der Waals surface area (Å²) in [6.45, 7) is 3.70. The van der Waals surface area contributed by atoms with E-state index >= 15 is 0 Å². The van der Waals surface area contributed by atoms with E-state index in [1.165, 1.54) is 24.8 Å². The lowest BCUT2D eigenvalue weighted by molar-refractivity contribution is -0.142. The van der Waals surface area contributed by atoms with Crippen molar-refractivity contribution in [3.8, 4) is 0 Å². The average molecular weight is 667 g/mol. The van der Waals surface area contributed by atoms with E-state index in [0.717, 1.165) is 0 Å². The second-order valence-corrected chi connectivity index (χ2v) is 10.9. The molecule has 1 aromatic heterocycles. The first-order valence-corrected chi connectivity index (χ1v) is 14.6. The molecule has 0 spiro atoms. The molecule has 47 heavy (non-hydrogen) atoms. The minimum Gasteiger partial charge on any atom is -0.480 e. The number of carboxylic acid groups (broad SMARTS) is 2. The quantitative estimate of drug-likeness (QED) is 0.0434. The van der Waals surface area contributed by atoms with Crippen LogP contribution in [0, 0.1) is 5.41 Å². The molecule has 0 aliphatic carbocycles. The topological polar surface area (TPSA) is 324 Å². The molecule has 0 saturated carbocycles. The first kappa shape index (κ1) is 38.2. The zero-order valence-electron chi connectivity index (χ0n) is 26.1. The third-order valence-electron chi connectivity index (χ3n) is 7.26. The van der Waals surface area contributed by atoms with Gasteiger partial charge in [-0.3, -0.25) is 24.6 Å². The van der Waals surface area contributed by atoms with Gasteiger partial charge in [0, 0.05) is 25.9 Å². The number of aliphatic carboxylic acids is 1. The van der Waals surface area contributed by atoms with E-state index in [0.29, 0.717) is 5.57 Å². The van der Waals surface area contributed by atoms with Crippen LogP contribution in [0.3, 0.4) is 0 Å². The third-order valence-corrected chi connectivity index (χ3v) is 7.26. The lowest BCUT2D eigenvalue weighted by atomic mass is 10.0. The minimum atomic E-state index is -1.62. The number of aromatic carboxylic acids is 1. The Balaban J connectivity index is 2.09. The number of aryl methyl sites for hydroxylation is 1. The number of aliphatic hydroxyl groups excluding tert-OH is 2. The Labute approximate surface area is 269 Å². The summed E-state index contributed by atoms with van der Waals surface area (Å²) in [5.74, 6) is -6.55. The number of nitrogens with zero attached hydrogens (tertiary/aromatic N) is 1. The Morgan fingerprint density at radius 1 is 0.957 bits per heavy atom. The summed E-state index contributed by atoms with van der Waals surface area (Å²) >= 11 is 0. The van der Waals surface area contributed by atoms with Crippen molar-refractivity contribution in [1.82, 2.24) is 26.2 Å². The van der Waals surface area contributed by atoms with Gasteiger partial charge in [-0.25, -0.2) is 9.59 Å². The van der Waals surface area contributed by atoms with E-state index in [1.807, 2.05) is 0 Å². The maximum Gasteiger partial charge on any atom is 0.339 e. The van der Waals surface area contributed by atoms with E-state index in [9.17, 15) is 49.2 Å². The van der Waals surface area contributed by atoms with Crippen LogP contribution in [-0.4, -0.2) is 123 Å². The maximum atomic E-state index is 13.2. The molecule has 4 amide bonds. The molecule has 1 aliphatic rings. The molecule has 6 unspecified atom stereocenters. The second kappa shape index (κ2) is 17.1. The summed E-state index contributed by atoms with van der Waals surface area (Å²) in [6, 6.07) is -6.10. The molecule has 1 aromatic rings. The summed E-state index contributed by atoms with van der Waals surface area (Å²) < 4.78 is 5.42. The molecule has 0 saturated heterocycles. The van der Waals surface area contributed by atoms with Crippen molar-refractivity contribution in [2.45, 2.75) is 76.3 Å². The highest BCUT2D eigenvalue weighted by atomic mass is 16.4. The molecular formula is C28H42N8O11. The zero-order chi connectivity index (χ0) is 35.6. The van der Waals surface area contributed by atoms with Crippen molar-refractivity contribution in [3.05, 3.63) is 34.8 Å². The summed E-state index contributed by atoms with van der Waals surface area (Å²) in [4.78, 5) is 76.2. The van der Waals surface area contributed by atoms with Crippen LogP contribution in [0.4, 0.5) is 0 Å². The molecule has 2 rings (SSSR count). The number of nitrogens with one attached hydrogen (secondary N) is 5. The smallest absolute Gasteiger partial charge is 0.339 e. The number of aliphatic hydroxyl groups is 2. The molecule has 0 radical (unpaired) electrons. The highest BCUT2D eigenvalue weighted by Crippen LogP contribution is 2.18. The van der Waals surface area contributed by atoms with Gasteiger partial charge >= 0.3 is 11.9 Å². The van der Waals surface area contributed by atoms with Gasteiger partial charge in [0.05, 0.1) is 12.7 Å². The largest absolute Gasteiger partial charge is 0.480 e. The number of rotatable bonds is 17. The van der Waals surface area contributed by atoms with Gasteiger partial charge in [0.1, 0.15) is 47.3 Å². The van der Waals surface area contributed by atoms with Gasteiger partial charge in [-0.1, -0.05) is 18.6 Å². The van der Waals surface area contributed by atoms with Gasteiger partial charge in [-0.05, 0) is 26.3 Å². The van der Waals surface area contributed by atoms with Gasteiger partial charge in [-0.2, -0.15) is 0 Å². The first-order valence-electron chi connectivity index (χ1n) is 14.6. The Morgan fingerprint density at radius 2 is 1.55 bits per heavy atom. The summed E-state index contributed by atoms with van der Waals surface area (Å²) in [5, 5.41) is 55.3. The number of furan rings is 1. The predicted molar refractivity (Wildman–Crippen MR) is 163 cm³/mol. The van der Waals surface area contributed by atoms with Crippen LogP contribution < -0.4 is 32.7 Å². The Hall–Kier alpha value is -5.01. The summed E-state index contributed by atoms with van der Waals surface area (Å²) in [5.41, 5.74) is 11.7. The minimum absolute atomic E-state index is 0.00473. The number of carbonyl (C=O) groups excluding carboxylic acids is 4. The molecular weight excluding hydrogens is 624 g/mol. The number of nitrogens with two attached hydrogens (primary N) is 2. The van der Waals surface area contributed by atoms with Crippen molar-refractivity contribution in [1.29, 1.82) is 5.41 Å². The highest BCUT2D eigenvalue weighted by Gasteiger charge is 2.32. The molecule has 0 fully saturated rings. The normalized spacial score (nSPS) is 16.5. The number of carbonyl (C=O) groups is 6. The molecule has 19 nitrogen and oxygen atoms in total. The second-order valence-electron chi connectivity index (χ2n) is 10.9. The third kappa shape index (κ3) is 10.8. The number of guanidine groups is 1. The molecule has 260 valence electrons. The Bertz CT molecular complexity index is 1390. The van der Waals surface area contributed by atoms with Gasteiger partial charge in [0.25, 0.3) is 0 Å². The van der Waals surface area contributed by atoms with Crippen molar-refractivity contribution in [2.24, 2.45) is 11.5 Å². The van der Waals surface area contributed by atoms with Crippen molar-refractivity contribution >= 4 is 41.5 Å². The van der Waals surface area contributed by atoms with E-state index in [4.69, 9.17) is 21.3 Å². The standard InChI is InChI=1S/C28H42N8O11/c1-4-20-16(26(43)44)8-15(47-20)9-18(27(45)46)34-22(39)12(2)32-24(41)19(11-37)35-23(40)17(33-25(42)21(29)13(3)38)7-14-5-6-36(10-14)28(30)31/h5,8,12-13,17-19,21,37-38H,4,6-7,9-11,29H2,1-3H3,(H3,30,31)(H,32,41)(H,33,42)(H,34,39)(H,35,40)(H,43,44)(H,45,46). The van der Waals surface area contributed by atoms with Crippen molar-refractivity contribution in [3.63, 3.8) is 0 Å². The molecule has 1 aliphatic heterocycles. The Morgan fingerprint density at radius 3 is 2.04 bits per heavy atom. The predicted octanol–water partition coefficient (Wildman–Crippen LogP) is -3.65. The number of hydrogen-bond acceptors (Lipinski definition) is 11. The van der Waals surface area contributed by atoms with E-state index in [2.05, 4.69) is 21.3 Å². The van der Waals surface area contributed by atoms with Gasteiger partial charge < -0.3 is 62.5 Å². The fourth-order valence-electron chi connectivity index (χ4n) is 4.48. The van der Waals surface area contributed by atoms with Crippen LogP contribution in [0.5, 0.6) is 0 Å². The van der Waals surface area contributed by atoms with Gasteiger partial charge in [0.15, 0.2) is 5.96 Å². The summed E-state index contributed by atoms with van der Waals surface area (Å²) in [7, 11) is 0. The lowest BCUT2D eigenvalue weighted by Crippen LogP contribution is -2.59. The van der Waals surface area contributed by atoms with Gasteiger partial charge in [0.2, 0.25) is 23.6 Å². The van der Waals surface area contributed by atoms with Crippen LogP contribution in [0.25, 0.3) is 0 Å². The monoisotopic (exact) mass is 666 g/mol. The molecule has 6 atom stereocenters. The van der Waals surface area contributed by atoms with Gasteiger partial charge in [-0.15, -0.1) is 0 Å². The molecule has 13 N–H and O–H groups in total. The number of carboxylic acids is 2. The molecule has 19 heteroatoms. The van der Waals surface area contributed by atoms with E-state index in [1.54, 1.807) is 13.0 Å². The highest BCUT2D eigenvalue weighted by molar-refractivity contribution is 5.95. The summed E-state index contributed by atoms with van der Waals surface area (Å²) in [6.07, 6.45) is 0.187. The van der Waals surface area contributed by atoms with Crippen LogP contribution in [0.15, 0.2) is 22.1 Å².